The van der Waals surface area contributed by atoms with E-state index in [1.165, 1.54) is 16.2 Å². The molecule has 4 rings (SSSR count). The molecule has 144 valence electrons. The Morgan fingerprint density at radius 3 is 2.43 bits per heavy atom. The molecule has 1 aromatic heterocycles. The molecule has 8 heteroatoms. The SMILES string of the molecule is O=C(CCN1C(=O)[C@H]2CC=CC[C@@H]2C1=O)Nc1nnc(Cc2ccccc2)s1. The van der Waals surface area contributed by atoms with E-state index in [2.05, 4.69) is 15.5 Å². The minimum absolute atomic E-state index is 0.0535. The third kappa shape index (κ3) is 3.87. The quantitative estimate of drug-likeness (QED) is 0.598. The van der Waals surface area contributed by atoms with Gasteiger partial charge in [-0.1, -0.05) is 53.8 Å². The molecule has 0 radical (unpaired) electrons. The summed E-state index contributed by atoms with van der Waals surface area (Å²) in [5.41, 5.74) is 1.12. The molecule has 0 unspecified atom stereocenters. The Morgan fingerprint density at radius 2 is 1.75 bits per heavy atom. The minimum Gasteiger partial charge on any atom is -0.300 e. The summed E-state index contributed by atoms with van der Waals surface area (Å²) < 4.78 is 0. The second-order valence-corrected chi connectivity index (χ2v) is 8.01. The average molecular weight is 396 g/mol. The van der Waals surface area contributed by atoms with Gasteiger partial charge in [0.25, 0.3) is 0 Å². The van der Waals surface area contributed by atoms with Gasteiger partial charge in [0.2, 0.25) is 22.9 Å². The smallest absolute Gasteiger partial charge is 0.233 e. The van der Waals surface area contributed by atoms with Crippen molar-refractivity contribution in [3.63, 3.8) is 0 Å². The van der Waals surface area contributed by atoms with E-state index in [1.54, 1.807) is 0 Å². The first-order chi connectivity index (χ1) is 13.6. The fraction of sp³-hybridized carbons (Fsp3) is 0.350. The van der Waals surface area contributed by atoms with Crippen LogP contribution in [0.25, 0.3) is 0 Å². The molecule has 2 heterocycles. The van der Waals surface area contributed by atoms with E-state index in [-0.39, 0.29) is 42.5 Å². The molecular formula is C20H20N4O3S. The number of benzene rings is 1. The maximum Gasteiger partial charge on any atom is 0.233 e. The number of nitrogens with one attached hydrogen (secondary N) is 1. The van der Waals surface area contributed by atoms with E-state index in [0.29, 0.717) is 24.4 Å². The number of rotatable bonds is 6. The summed E-state index contributed by atoms with van der Waals surface area (Å²) in [7, 11) is 0. The molecule has 28 heavy (non-hydrogen) atoms. The predicted molar refractivity (Wildman–Crippen MR) is 104 cm³/mol. The van der Waals surface area contributed by atoms with Crippen LogP contribution in [-0.2, 0) is 20.8 Å². The lowest BCUT2D eigenvalue weighted by Gasteiger charge is -2.14. The second kappa shape index (κ2) is 8.02. The molecule has 2 aliphatic rings. The van der Waals surface area contributed by atoms with Gasteiger partial charge in [0.05, 0.1) is 11.8 Å². The summed E-state index contributed by atoms with van der Waals surface area (Å²) in [6.45, 7) is 0.103. The van der Waals surface area contributed by atoms with Crippen molar-refractivity contribution in [3.8, 4) is 0 Å². The Bertz CT molecular complexity index is 899. The van der Waals surface area contributed by atoms with Crippen molar-refractivity contribution in [2.45, 2.75) is 25.7 Å². The Hall–Kier alpha value is -2.87. The van der Waals surface area contributed by atoms with Crippen LogP contribution in [0.1, 0.15) is 29.8 Å². The molecule has 1 aliphatic heterocycles. The molecule has 2 atom stereocenters. The fourth-order valence-electron chi connectivity index (χ4n) is 3.63. The number of nitrogens with zero attached hydrogens (tertiary/aromatic N) is 3. The maximum atomic E-state index is 12.4. The second-order valence-electron chi connectivity index (χ2n) is 6.95. The summed E-state index contributed by atoms with van der Waals surface area (Å²) in [4.78, 5) is 38.3. The van der Waals surface area contributed by atoms with Crippen molar-refractivity contribution in [2.24, 2.45) is 11.8 Å². The molecule has 1 aliphatic carbocycles. The molecule has 3 amide bonds. The number of amides is 3. The van der Waals surface area contributed by atoms with Crippen LogP contribution in [0.5, 0.6) is 0 Å². The van der Waals surface area contributed by atoms with E-state index in [4.69, 9.17) is 0 Å². The van der Waals surface area contributed by atoms with Crippen molar-refractivity contribution in [1.29, 1.82) is 0 Å². The molecule has 0 bridgehead atoms. The van der Waals surface area contributed by atoms with Gasteiger partial charge in [-0.15, -0.1) is 10.2 Å². The number of hydrogen-bond acceptors (Lipinski definition) is 6. The zero-order valence-electron chi connectivity index (χ0n) is 15.2. The van der Waals surface area contributed by atoms with Crippen molar-refractivity contribution in [3.05, 3.63) is 53.1 Å². The number of hydrogen-bond donors (Lipinski definition) is 1. The van der Waals surface area contributed by atoms with E-state index >= 15 is 0 Å². The number of allylic oxidation sites excluding steroid dienone is 2. The highest BCUT2D eigenvalue weighted by molar-refractivity contribution is 7.15. The van der Waals surface area contributed by atoms with Crippen LogP contribution in [0.2, 0.25) is 0 Å². The van der Waals surface area contributed by atoms with Crippen LogP contribution >= 0.6 is 11.3 Å². The molecule has 1 aromatic carbocycles. The zero-order chi connectivity index (χ0) is 19.5. The Morgan fingerprint density at radius 1 is 1.07 bits per heavy atom. The molecule has 0 saturated carbocycles. The molecular weight excluding hydrogens is 376 g/mol. The number of likely N-dealkylation sites (tertiary alicyclic amines) is 1. The van der Waals surface area contributed by atoms with Gasteiger partial charge in [0, 0.05) is 19.4 Å². The molecule has 2 aromatic rings. The summed E-state index contributed by atoms with van der Waals surface area (Å²) in [6, 6.07) is 9.91. The highest BCUT2D eigenvalue weighted by atomic mass is 32.1. The van der Waals surface area contributed by atoms with Gasteiger partial charge < -0.3 is 5.32 Å². The summed E-state index contributed by atoms with van der Waals surface area (Å²) in [5, 5.41) is 12.0. The first-order valence-electron chi connectivity index (χ1n) is 9.28. The highest BCUT2D eigenvalue weighted by Crippen LogP contribution is 2.35. The molecule has 1 saturated heterocycles. The number of imide groups is 1. The van der Waals surface area contributed by atoms with Crippen molar-refractivity contribution < 1.29 is 14.4 Å². The van der Waals surface area contributed by atoms with Crippen molar-refractivity contribution in [2.75, 3.05) is 11.9 Å². The van der Waals surface area contributed by atoms with Crippen LogP contribution in [0.4, 0.5) is 5.13 Å². The largest absolute Gasteiger partial charge is 0.300 e. The Kier molecular flexibility index (Phi) is 5.29. The summed E-state index contributed by atoms with van der Waals surface area (Å²) in [5.74, 6) is -1.12. The lowest BCUT2D eigenvalue weighted by molar-refractivity contribution is -0.140. The van der Waals surface area contributed by atoms with E-state index < -0.39 is 0 Å². The number of anilines is 1. The summed E-state index contributed by atoms with van der Waals surface area (Å²) >= 11 is 1.32. The number of carbonyl (C=O) groups excluding carboxylic acids is 3. The van der Waals surface area contributed by atoms with Crippen molar-refractivity contribution in [1.82, 2.24) is 15.1 Å². The van der Waals surface area contributed by atoms with Crippen LogP contribution in [0, 0.1) is 11.8 Å². The van der Waals surface area contributed by atoms with Gasteiger partial charge in [-0.2, -0.15) is 0 Å². The monoisotopic (exact) mass is 396 g/mol. The van der Waals surface area contributed by atoms with Gasteiger partial charge in [-0.05, 0) is 18.4 Å². The first kappa shape index (κ1) is 18.5. The number of aromatic nitrogens is 2. The fourth-order valence-corrected chi connectivity index (χ4v) is 4.42. The molecule has 1 fully saturated rings. The van der Waals surface area contributed by atoms with Crippen LogP contribution < -0.4 is 5.32 Å². The lowest BCUT2D eigenvalue weighted by Crippen LogP contribution is -2.34. The topological polar surface area (TPSA) is 92.3 Å². The summed E-state index contributed by atoms with van der Waals surface area (Å²) in [6.07, 6.45) is 5.82. The van der Waals surface area contributed by atoms with Gasteiger partial charge in [-0.25, -0.2) is 0 Å². The lowest BCUT2D eigenvalue weighted by atomic mass is 9.85. The van der Waals surface area contributed by atoms with Gasteiger partial charge >= 0.3 is 0 Å². The van der Waals surface area contributed by atoms with E-state index in [9.17, 15) is 14.4 Å². The van der Waals surface area contributed by atoms with Gasteiger partial charge in [-0.3, -0.25) is 19.3 Å². The predicted octanol–water partition coefficient (Wildman–Crippen LogP) is 2.41. The first-order valence-corrected chi connectivity index (χ1v) is 10.1. The molecule has 7 nitrogen and oxygen atoms in total. The number of carbonyl (C=O) groups is 3. The van der Waals surface area contributed by atoms with E-state index in [0.717, 1.165) is 10.6 Å². The third-order valence-electron chi connectivity index (χ3n) is 5.07. The highest BCUT2D eigenvalue weighted by Gasteiger charge is 2.46. The normalized spacial score (nSPS) is 21.1. The Labute approximate surface area is 166 Å². The van der Waals surface area contributed by atoms with Gasteiger partial charge in [0.15, 0.2) is 0 Å². The standard InChI is InChI=1S/C20H20N4O3S/c25-16(10-11-24-18(26)14-8-4-5-9-15(14)19(24)27)21-20-23-22-17(28-20)12-13-6-2-1-3-7-13/h1-7,14-15H,8-12H2,(H,21,23,25)/t14-,15-/m0/s1. The Balaban J connectivity index is 1.29. The van der Waals surface area contributed by atoms with Gasteiger partial charge in [0.1, 0.15) is 5.01 Å². The van der Waals surface area contributed by atoms with Crippen LogP contribution in [-0.4, -0.2) is 39.4 Å². The van der Waals surface area contributed by atoms with E-state index in [1.807, 2.05) is 42.5 Å². The minimum atomic E-state index is -0.281. The third-order valence-corrected chi connectivity index (χ3v) is 5.91. The zero-order valence-corrected chi connectivity index (χ0v) is 16.0. The average Bonchev–Trinajstić information content (AvgIpc) is 3.24. The van der Waals surface area contributed by atoms with Crippen LogP contribution in [0.15, 0.2) is 42.5 Å². The maximum absolute atomic E-state index is 12.4. The number of fused-ring (bicyclic) bond motifs is 1. The van der Waals surface area contributed by atoms with Crippen LogP contribution in [0.3, 0.4) is 0 Å². The molecule has 1 N–H and O–H groups in total. The van der Waals surface area contributed by atoms with Crippen molar-refractivity contribution >= 4 is 34.2 Å². The molecule has 0 spiro atoms.